The molecule has 0 spiro atoms. The van der Waals surface area contributed by atoms with E-state index in [2.05, 4.69) is 27.4 Å². The zero-order chi connectivity index (χ0) is 9.09. The van der Waals surface area contributed by atoms with Gasteiger partial charge in [0.2, 0.25) is 0 Å². The normalized spacial score (nSPS) is 44.1. The van der Waals surface area contributed by atoms with Crippen LogP contribution in [0.15, 0.2) is 12.2 Å². The monoisotopic (exact) mass is 164 g/mol. The fourth-order valence-electron chi connectivity index (χ4n) is 2.93. The van der Waals surface area contributed by atoms with Gasteiger partial charge in [-0.1, -0.05) is 27.4 Å². The van der Waals surface area contributed by atoms with Gasteiger partial charge in [0.15, 0.2) is 5.78 Å². The zero-order valence-electron chi connectivity index (χ0n) is 8.05. The molecule has 0 saturated heterocycles. The zero-order valence-corrected chi connectivity index (χ0v) is 8.05. The average molecular weight is 164 g/mol. The van der Waals surface area contributed by atoms with E-state index in [-0.39, 0.29) is 5.92 Å². The van der Waals surface area contributed by atoms with Crippen LogP contribution >= 0.6 is 0 Å². The predicted molar refractivity (Wildman–Crippen MR) is 48.7 cm³/mol. The van der Waals surface area contributed by atoms with E-state index in [4.69, 9.17) is 0 Å². The first-order chi connectivity index (χ1) is 5.46. The maximum atomic E-state index is 11.6. The lowest BCUT2D eigenvalue weighted by molar-refractivity contribution is -0.121. The molecule has 2 bridgehead atoms. The van der Waals surface area contributed by atoms with Crippen molar-refractivity contribution in [2.24, 2.45) is 23.2 Å². The minimum absolute atomic E-state index is 0.289. The number of fused-ring (bicyclic) bond motifs is 2. The van der Waals surface area contributed by atoms with E-state index in [0.29, 0.717) is 23.0 Å². The van der Waals surface area contributed by atoms with Crippen LogP contribution in [0.2, 0.25) is 0 Å². The van der Waals surface area contributed by atoms with Gasteiger partial charge in [0, 0.05) is 5.92 Å². The van der Waals surface area contributed by atoms with Crippen molar-refractivity contribution in [3.8, 4) is 0 Å². The first-order valence-corrected chi connectivity index (χ1v) is 4.69. The van der Waals surface area contributed by atoms with Crippen LogP contribution in [0.5, 0.6) is 0 Å². The summed E-state index contributed by atoms with van der Waals surface area (Å²) in [5.74, 6) is 1.63. The Hall–Kier alpha value is -0.590. The van der Waals surface area contributed by atoms with Gasteiger partial charge < -0.3 is 0 Å². The average Bonchev–Trinajstić information content (AvgIpc) is 2.38. The molecule has 0 radical (unpaired) electrons. The fraction of sp³-hybridized carbons (Fsp3) is 0.727. The smallest absolute Gasteiger partial charge is 0.161 e. The molecule has 2 fully saturated rings. The van der Waals surface area contributed by atoms with Crippen molar-refractivity contribution in [3.63, 3.8) is 0 Å². The van der Waals surface area contributed by atoms with E-state index in [1.165, 1.54) is 0 Å². The van der Waals surface area contributed by atoms with Crippen LogP contribution in [0.3, 0.4) is 0 Å². The highest BCUT2D eigenvalue weighted by atomic mass is 16.1. The Morgan fingerprint density at radius 1 is 1.50 bits per heavy atom. The van der Waals surface area contributed by atoms with Gasteiger partial charge in [0.25, 0.3) is 0 Å². The van der Waals surface area contributed by atoms with E-state index in [9.17, 15) is 4.79 Å². The van der Waals surface area contributed by atoms with Crippen molar-refractivity contribution < 1.29 is 4.79 Å². The van der Waals surface area contributed by atoms with Crippen LogP contribution in [-0.2, 0) is 4.79 Å². The Balaban J connectivity index is 2.42. The number of Topliss-reactive ketones (excluding diaryl/α,β-unsaturated/α-hetero) is 1. The molecule has 3 atom stereocenters. The number of hydrogen-bond acceptors (Lipinski definition) is 1. The lowest BCUT2D eigenvalue weighted by Crippen LogP contribution is -2.34. The van der Waals surface area contributed by atoms with Gasteiger partial charge >= 0.3 is 0 Å². The van der Waals surface area contributed by atoms with Crippen LogP contribution in [0.1, 0.15) is 27.2 Å². The number of hydrogen-bond donors (Lipinski definition) is 0. The van der Waals surface area contributed by atoms with E-state index in [0.717, 1.165) is 12.0 Å². The number of rotatable bonds is 0. The highest BCUT2D eigenvalue weighted by molar-refractivity contribution is 6.01. The third-order valence-corrected chi connectivity index (χ3v) is 4.24. The second kappa shape index (κ2) is 2.01. The molecule has 12 heavy (non-hydrogen) atoms. The second-order valence-corrected chi connectivity index (χ2v) is 4.89. The standard InChI is InChI=1S/C11H16O/c1-6-9-5-8(10(6)12)7(2)11(9,3)4/h7-9H,1,5H2,2-4H3/t7-,8+,9+/m0/s1. The molecule has 2 saturated carbocycles. The van der Waals surface area contributed by atoms with Crippen molar-refractivity contribution in [2.75, 3.05) is 0 Å². The summed E-state index contributed by atoms with van der Waals surface area (Å²) in [5.41, 5.74) is 1.19. The topological polar surface area (TPSA) is 17.1 Å². The van der Waals surface area contributed by atoms with E-state index in [1.54, 1.807) is 0 Å². The van der Waals surface area contributed by atoms with Crippen molar-refractivity contribution >= 4 is 5.78 Å². The lowest BCUT2D eigenvalue weighted by atomic mass is 9.68. The quantitative estimate of drug-likeness (QED) is 0.502. The van der Waals surface area contributed by atoms with E-state index < -0.39 is 0 Å². The molecule has 1 heteroatoms. The van der Waals surface area contributed by atoms with E-state index >= 15 is 0 Å². The van der Waals surface area contributed by atoms with Crippen molar-refractivity contribution in [1.82, 2.24) is 0 Å². The summed E-state index contributed by atoms with van der Waals surface area (Å²) < 4.78 is 0. The third-order valence-electron chi connectivity index (χ3n) is 4.24. The summed E-state index contributed by atoms with van der Waals surface area (Å²) in [4.78, 5) is 11.6. The molecule has 2 aliphatic rings. The van der Waals surface area contributed by atoms with Gasteiger partial charge in [0.1, 0.15) is 0 Å². The third kappa shape index (κ3) is 0.675. The van der Waals surface area contributed by atoms with Crippen LogP contribution in [0.4, 0.5) is 0 Å². The molecule has 2 aliphatic carbocycles. The Labute approximate surface area is 73.8 Å². The minimum Gasteiger partial charge on any atom is -0.294 e. The molecule has 0 unspecified atom stereocenters. The van der Waals surface area contributed by atoms with Crippen LogP contribution < -0.4 is 0 Å². The first-order valence-electron chi connectivity index (χ1n) is 4.69. The Morgan fingerprint density at radius 3 is 2.50 bits per heavy atom. The molecule has 0 aliphatic heterocycles. The molecule has 0 aromatic rings. The summed E-state index contributed by atoms with van der Waals surface area (Å²) >= 11 is 0. The van der Waals surface area contributed by atoms with Crippen molar-refractivity contribution in [2.45, 2.75) is 27.2 Å². The van der Waals surface area contributed by atoms with Crippen molar-refractivity contribution in [3.05, 3.63) is 12.2 Å². The second-order valence-electron chi connectivity index (χ2n) is 4.89. The summed E-state index contributed by atoms with van der Waals surface area (Å²) in [7, 11) is 0. The van der Waals surface area contributed by atoms with Crippen LogP contribution in [0.25, 0.3) is 0 Å². The molecule has 0 N–H and O–H groups in total. The van der Waals surface area contributed by atoms with Gasteiger partial charge in [-0.25, -0.2) is 0 Å². The molecule has 66 valence electrons. The fourth-order valence-corrected chi connectivity index (χ4v) is 2.93. The van der Waals surface area contributed by atoms with Gasteiger partial charge in [-0.2, -0.15) is 0 Å². The predicted octanol–water partition coefficient (Wildman–Crippen LogP) is 2.42. The molecule has 2 rings (SSSR count). The SMILES string of the molecule is C=C1C(=O)[C@@H]2C[C@H]1C(C)(C)[C@H]2C. The van der Waals surface area contributed by atoms with Gasteiger partial charge in [-0.3, -0.25) is 4.79 Å². The van der Waals surface area contributed by atoms with Gasteiger partial charge in [-0.05, 0) is 29.2 Å². The first kappa shape index (κ1) is 8.03. The van der Waals surface area contributed by atoms with Crippen LogP contribution in [0, 0.1) is 23.2 Å². The molecule has 0 amide bonds. The van der Waals surface area contributed by atoms with Gasteiger partial charge in [0.05, 0.1) is 0 Å². The number of carbonyl (C=O) groups is 1. The maximum absolute atomic E-state index is 11.6. The van der Waals surface area contributed by atoms with Gasteiger partial charge in [-0.15, -0.1) is 0 Å². The minimum atomic E-state index is 0.289. The number of carbonyl (C=O) groups excluding carboxylic acids is 1. The number of ketones is 1. The van der Waals surface area contributed by atoms with Crippen molar-refractivity contribution in [1.29, 1.82) is 0 Å². The highest BCUT2D eigenvalue weighted by Crippen LogP contribution is 2.59. The summed E-state index contributed by atoms with van der Waals surface area (Å²) in [5, 5.41) is 0. The molecule has 1 nitrogen and oxygen atoms in total. The lowest BCUT2D eigenvalue weighted by Gasteiger charge is -2.36. The largest absolute Gasteiger partial charge is 0.294 e. The number of allylic oxidation sites excluding steroid dienone is 1. The summed E-state index contributed by atoms with van der Waals surface area (Å²) in [6.07, 6.45) is 1.06. The molecular formula is C11H16O. The Bertz CT molecular complexity index is 262. The molecule has 0 aromatic carbocycles. The summed E-state index contributed by atoms with van der Waals surface area (Å²) in [6.45, 7) is 10.6. The molecular weight excluding hydrogens is 148 g/mol. The molecule has 0 heterocycles. The van der Waals surface area contributed by atoms with E-state index in [1.807, 2.05) is 0 Å². The highest BCUT2D eigenvalue weighted by Gasteiger charge is 2.56. The molecule has 0 aromatic heterocycles. The van der Waals surface area contributed by atoms with Crippen LogP contribution in [-0.4, -0.2) is 5.78 Å². The Morgan fingerprint density at radius 2 is 2.08 bits per heavy atom. The Kier molecular flexibility index (Phi) is 1.35. The summed E-state index contributed by atoms with van der Waals surface area (Å²) in [6, 6.07) is 0. The maximum Gasteiger partial charge on any atom is 0.161 e.